The van der Waals surface area contributed by atoms with E-state index in [4.69, 9.17) is 14.5 Å². The van der Waals surface area contributed by atoms with Crippen LogP contribution in [0.25, 0.3) is 22.0 Å². The number of carboxylic acid groups (broad SMARTS) is 1. The second-order valence-corrected chi connectivity index (χ2v) is 14.0. The number of fused-ring (bicyclic) bond motifs is 1. The van der Waals surface area contributed by atoms with E-state index in [-0.39, 0.29) is 17.9 Å². The Kier molecular flexibility index (Phi) is 9.62. The minimum Gasteiger partial charge on any atom is -0.493 e. The number of likely N-dealkylation sites (tertiary alicyclic amines) is 1. The van der Waals surface area contributed by atoms with Gasteiger partial charge >= 0.3 is 5.97 Å². The van der Waals surface area contributed by atoms with E-state index >= 15 is 0 Å². The molecule has 9 heteroatoms. The summed E-state index contributed by atoms with van der Waals surface area (Å²) in [6, 6.07) is 16.9. The Hall–Kier alpha value is -4.05. The quantitative estimate of drug-likeness (QED) is 0.168. The van der Waals surface area contributed by atoms with E-state index in [0.29, 0.717) is 12.4 Å². The average molecular weight is 650 g/mol. The number of nitrogens with one attached hydrogen (secondary N) is 1. The Morgan fingerprint density at radius 3 is 2.60 bits per heavy atom. The Morgan fingerprint density at radius 1 is 1.02 bits per heavy atom. The van der Waals surface area contributed by atoms with Crippen LogP contribution in [-0.2, 0) is 16.1 Å². The molecule has 9 nitrogen and oxygen atoms in total. The van der Waals surface area contributed by atoms with Crippen LogP contribution in [0.15, 0.2) is 60.9 Å². The monoisotopic (exact) mass is 649 g/mol. The number of nitrogens with zero attached hydrogens (tertiary/aromatic N) is 4. The average Bonchev–Trinajstić information content (AvgIpc) is 3.85. The molecule has 2 aromatic carbocycles. The molecular weight excluding hydrogens is 602 g/mol. The number of hydrogen-bond acceptors (Lipinski definition) is 8. The highest BCUT2D eigenvalue weighted by molar-refractivity contribution is 5.91. The summed E-state index contributed by atoms with van der Waals surface area (Å²) in [5, 5.41) is 14.0. The first kappa shape index (κ1) is 32.5. The largest absolute Gasteiger partial charge is 0.493 e. The van der Waals surface area contributed by atoms with Crippen LogP contribution in [0.2, 0.25) is 0 Å². The van der Waals surface area contributed by atoms with E-state index in [1.165, 1.54) is 18.4 Å². The summed E-state index contributed by atoms with van der Waals surface area (Å²) in [5.74, 6) is 0.931. The van der Waals surface area contributed by atoms with Gasteiger partial charge in [0, 0.05) is 61.1 Å². The number of piperidine rings is 1. The van der Waals surface area contributed by atoms with E-state index in [1.807, 2.05) is 18.5 Å². The number of rotatable bonds is 12. The van der Waals surface area contributed by atoms with Crippen LogP contribution in [0.1, 0.15) is 55.2 Å². The molecule has 0 bridgehead atoms. The third-order valence-corrected chi connectivity index (χ3v) is 10.5. The minimum atomic E-state index is -0.734. The number of hydrogen-bond donors (Lipinski definition) is 2. The molecule has 3 fully saturated rings. The number of aliphatic carboxylic acids is 1. The lowest BCUT2D eigenvalue weighted by atomic mass is 9.95. The molecule has 2 aromatic heterocycles. The highest BCUT2D eigenvalue weighted by Gasteiger charge is 2.45. The summed E-state index contributed by atoms with van der Waals surface area (Å²) in [5.41, 5.74) is 7.74. The lowest BCUT2D eigenvalue weighted by molar-refractivity contribution is -0.138. The van der Waals surface area contributed by atoms with Crippen LogP contribution in [0.5, 0.6) is 5.75 Å². The van der Waals surface area contributed by atoms with Crippen molar-refractivity contribution in [2.75, 3.05) is 51.3 Å². The zero-order valence-corrected chi connectivity index (χ0v) is 28.2. The fourth-order valence-corrected chi connectivity index (χ4v) is 7.46. The number of carbonyl (C=O) groups is 1. The van der Waals surface area contributed by atoms with Gasteiger partial charge in [0.05, 0.1) is 26.2 Å². The second-order valence-electron chi connectivity index (χ2n) is 14.0. The highest BCUT2D eigenvalue weighted by Crippen LogP contribution is 2.47. The number of ether oxygens (including phenoxy) is 2. The molecule has 2 saturated heterocycles. The number of benzene rings is 2. The van der Waals surface area contributed by atoms with Crippen molar-refractivity contribution in [3.8, 4) is 16.9 Å². The molecule has 4 heterocycles. The summed E-state index contributed by atoms with van der Waals surface area (Å²) >= 11 is 0. The minimum absolute atomic E-state index is 0.0722. The van der Waals surface area contributed by atoms with Crippen LogP contribution in [0.3, 0.4) is 0 Å². The predicted octanol–water partition coefficient (Wildman–Crippen LogP) is 6.98. The SMILES string of the molecule is Cc1c(Nc2nccc3cc(CN4CCCCC4CC(=O)O)cnc23)cccc1-c1cccc(OCC2(CN3CCOCC3)CC2)c1C. The van der Waals surface area contributed by atoms with Crippen molar-refractivity contribution in [1.82, 2.24) is 19.8 Å². The van der Waals surface area contributed by atoms with E-state index in [2.05, 4.69) is 76.4 Å². The molecule has 7 rings (SSSR count). The van der Waals surface area contributed by atoms with Gasteiger partial charge in [-0.05, 0) is 98.2 Å². The van der Waals surface area contributed by atoms with Crippen molar-refractivity contribution in [3.05, 3.63) is 77.6 Å². The Labute approximate surface area is 283 Å². The molecule has 1 saturated carbocycles. The normalized spacial score (nSPS) is 19.7. The smallest absolute Gasteiger partial charge is 0.304 e. The van der Waals surface area contributed by atoms with Crippen LogP contribution in [-0.4, -0.2) is 82.9 Å². The molecule has 0 amide bonds. The number of anilines is 2. The lowest BCUT2D eigenvalue weighted by Crippen LogP contribution is -2.41. The molecular formula is C39H47N5O4. The summed E-state index contributed by atoms with van der Waals surface area (Å²) in [6.07, 6.45) is 9.47. The van der Waals surface area contributed by atoms with Crippen LogP contribution < -0.4 is 10.1 Å². The van der Waals surface area contributed by atoms with Gasteiger partial charge in [-0.3, -0.25) is 19.6 Å². The molecule has 1 aliphatic carbocycles. The van der Waals surface area contributed by atoms with Gasteiger partial charge in [0.2, 0.25) is 0 Å². The first-order valence-electron chi connectivity index (χ1n) is 17.5. The van der Waals surface area contributed by atoms with Crippen molar-refractivity contribution in [1.29, 1.82) is 0 Å². The first-order chi connectivity index (χ1) is 23.4. The zero-order valence-electron chi connectivity index (χ0n) is 28.2. The molecule has 2 N–H and O–H groups in total. The lowest BCUT2D eigenvalue weighted by Gasteiger charge is -2.34. The molecule has 2 aliphatic heterocycles. The fourth-order valence-electron chi connectivity index (χ4n) is 7.46. The van der Waals surface area contributed by atoms with E-state index in [9.17, 15) is 9.90 Å². The molecule has 1 atom stereocenters. The third kappa shape index (κ3) is 7.33. The van der Waals surface area contributed by atoms with Crippen molar-refractivity contribution >= 4 is 28.4 Å². The predicted molar refractivity (Wildman–Crippen MR) is 189 cm³/mol. The van der Waals surface area contributed by atoms with Gasteiger partial charge in [0.1, 0.15) is 11.3 Å². The Morgan fingerprint density at radius 2 is 1.81 bits per heavy atom. The molecule has 252 valence electrons. The molecule has 1 unspecified atom stereocenters. The maximum atomic E-state index is 11.4. The standard InChI is InChI=1S/C39H47N5O4/c1-27-32(33-9-6-11-35(28(33)2)48-26-39(13-14-39)25-43-17-19-47-20-18-43)8-5-10-34(27)42-38-37-30(12-15-40-38)21-29(23-41-37)24-44-16-4-3-7-31(44)22-36(45)46/h5-6,8-12,15,21,23,31H,3-4,7,13-14,16-20,22,24-26H2,1-2H3,(H,40,42)(H,45,46). The summed E-state index contributed by atoms with van der Waals surface area (Å²) in [4.78, 5) is 25.8. The Balaban J connectivity index is 1.07. The highest BCUT2D eigenvalue weighted by atomic mass is 16.5. The maximum Gasteiger partial charge on any atom is 0.304 e. The van der Waals surface area contributed by atoms with Crippen molar-refractivity contribution in [2.24, 2.45) is 5.41 Å². The van der Waals surface area contributed by atoms with Crippen molar-refractivity contribution < 1.29 is 19.4 Å². The number of pyridine rings is 2. The van der Waals surface area contributed by atoms with E-state index in [0.717, 1.165) is 110 Å². The Bertz CT molecular complexity index is 1770. The molecule has 0 spiro atoms. The van der Waals surface area contributed by atoms with E-state index < -0.39 is 5.97 Å². The molecule has 48 heavy (non-hydrogen) atoms. The van der Waals surface area contributed by atoms with Crippen molar-refractivity contribution in [2.45, 2.75) is 65.0 Å². The fraction of sp³-hybridized carbons (Fsp3) is 0.462. The zero-order chi connectivity index (χ0) is 33.1. The van der Waals surface area contributed by atoms with Gasteiger partial charge < -0.3 is 19.9 Å². The second kappa shape index (κ2) is 14.2. The van der Waals surface area contributed by atoms with E-state index in [1.54, 1.807) is 0 Å². The summed E-state index contributed by atoms with van der Waals surface area (Å²) in [6.45, 7) is 11.4. The van der Waals surface area contributed by atoms with Gasteiger partial charge in [-0.15, -0.1) is 0 Å². The first-order valence-corrected chi connectivity index (χ1v) is 17.5. The molecule has 0 radical (unpaired) electrons. The summed E-state index contributed by atoms with van der Waals surface area (Å²) < 4.78 is 12.1. The van der Waals surface area contributed by atoms with Gasteiger partial charge in [-0.1, -0.05) is 30.7 Å². The molecule has 4 aromatic rings. The third-order valence-electron chi connectivity index (χ3n) is 10.5. The number of morpholine rings is 1. The van der Waals surface area contributed by atoms with Gasteiger partial charge in [0.25, 0.3) is 0 Å². The topological polar surface area (TPSA) is 100 Å². The van der Waals surface area contributed by atoms with Gasteiger partial charge in [-0.25, -0.2) is 4.98 Å². The van der Waals surface area contributed by atoms with Crippen LogP contribution in [0.4, 0.5) is 11.5 Å². The van der Waals surface area contributed by atoms with Crippen LogP contribution >= 0.6 is 0 Å². The van der Waals surface area contributed by atoms with Crippen molar-refractivity contribution in [3.63, 3.8) is 0 Å². The molecule has 3 aliphatic rings. The van der Waals surface area contributed by atoms with Gasteiger partial charge in [-0.2, -0.15) is 0 Å². The number of aromatic nitrogens is 2. The van der Waals surface area contributed by atoms with Gasteiger partial charge in [0.15, 0.2) is 5.82 Å². The summed E-state index contributed by atoms with van der Waals surface area (Å²) in [7, 11) is 0. The van der Waals surface area contributed by atoms with Crippen LogP contribution in [0, 0.1) is 19.3 Å². The maximum absolute atomic E-state index is 11.4. The number of carboxylic acids is 1.